The largest absolute Gasteiger partial charge is 0.294 e. The van der Waals surface area contributed by atoms with Gasteiger partial charge in [-0.2, -0.15) is 9.61 Å². The molecule has 0 saturated carbocycles. The summed E-state index contributed by atoms with van der Waals surface area (Å²) in [5.74, 6) is 0. The van der Waals surface area contributed by atoms with E-state index in [0.717, 1.165) is 30.2 Å². The van der Waals surface area contributed by atoms with Gasteiger partial charge in [0.25, 0.3) is 5.56 Å². The molecule has 0 unspecified atom stereocenters. The molecule has 1 saturated heterocycles. The number of fused-ring (bicyclic) bond motifs is 1. The molecule has 4 rings (SSSR count). The van der Waals surface area contributed by atoms with E-state index in [1.54, 1.807) is 6.07 Å². The first-order chi connectivity index (χ1) is 11.7. The van der Waals surface area contributed by atoms with Gasteiger partial charge < -0.3 is 0 Å². The molecule has 0 N–H and O–H groups in total. The minimum absolute atomic E-state index is 0.0850. The third kappa shape index (κ3) is 3.12. The van der Waals surface area contributed by atoms with E-state index in [-0.39, 0.29) is 5.56 Å². The molecule has 6 heteroatoms. The second-order valence-corrected chi connectivity index (χ2v) is 7.52. The van der Waals surface area contributed by atoms with Crippen molar-refractivity contribution in [3.05, 3.63) is 63.0 Å². The first-order valence-corrected chi connectivity index (χ1v) is 9.15. The lowest BCUT2D eigenvalue weighted by atomic mass is 10.0. The molecule has 1 atom stereocenters. The smallest absolute Gasteiger partial charge is 0.275 e. The normalized spacial score (nSPS) is 18.5. The molecule has 5 nitrogen and oxygen atoms in total. The van der Waals surface area contributed by atoms with Crippen molar-refractivity contribution in [2.45, 2.75) is 38.8 Å². The van der Waals surface area contributed by atoms with Gasteiger partial charge in [0.15, 0.2) is 0 Å². The van der Waals surface area contributed by atoms with Crippen molar-refractivity contribution in [3.8, 4) is 0 Å². The van der Waals surface area contributed by atoms with Crippen LogP contribution in [0, 0.1) is 6.92 Å². The summed E-state index contributed by atoms with van der Waals surface area (Å²) in [5, 5.41) is 5.06. The zero-order chi connectivity index (χ0) is 16.5. The van der Waals surface area contributed by atoms with E-state index in [1.807, 2.05) is 6.92 Å². The van der Waals surface area contributed by atoms with E-state index < -0.39 is 0 Å². The Hall–Kier alpha value is -2.05. The number of aromatic nitrogens is 3. The summed E-state index contributed by atoms with van der Waals surface area (Å²) in [4.78, 5) is 20.0. The van der Waals surface area contributed by atoms with Crippen LogP contribution in [0.5, 0.6) is 0 Å². The number of likely N-dealkylation sites (tertiary alicyclic amines) is 1. The average molecular weight is 340 g/mol. The molecular weight excluding hydrogens is 320 g/mol. The van der Waals surface area contributed by atoms with Gasteiger partial charge >= 0.3 is 0 Å². The Morgan fingerprint density at radius 1 is 1.29 bits per heavy atom. The fraction of sp³-hybridized carbons (Fsp3) is 0.389. The molecular formula is C18H20N4OS. The molecule has 0 bridgehead atoms. The number of hydrogen-bond acceptors (Lipinski definition) is 5. The number of aryl methyl sites for hydroxylation is 1. The molecule has 1 aromatic carbocycles. The molecule has 0 spiro atoms. The quantitative estimate of drug-likeness (QED) is 0.733. The Morgan fingerprint density at radius 3 is 2.96 bits per heavy atom. The standard InChI is InChI=1S/C18H20N4OS/c1-13-20-22-17(23)11-15(19-18(22)24-13)12-21-9-5-8-16(21)10-14-6-3-2-4-7-14/h2-4,6-7,11,16H,5,8-10,12H2,1H3/t16-/m0/s1. The lowest BCUT2D eigenvalue weighted by Gasteiger charge is -2.24. The maximum atomic E-state index is 12.2. The Balaban J connectivity index is 1.54. The monoisotopic (exact) mass is 340 g/mol. The minimum Gasteiger partial charge on any atom is -0.294 e. The number of nitrogens with zero attached hydrogens (tertiary/aromatic N) is 4. The lowest BCUT2D eigenvalue weighted by molar-refractivity contribution is 0.241. The van der Waals surface area contributed by atoms with E-state index in [4.69, 9.17) is 0 Å². The van der Waals surface area contributed by atoms with Crippen LogP contribution in [0.2, 0.25) is 0 Å². The van der Waals surface area contributed by atoms with Crippen molar-refractivity contribution in [2.75, 3.05) is 6.54 Å². The highest BCUT2D eigenvalue weighted by Gasteiger charge is 2.25. The van der Waals surface area contributed by atoms with Crippen LogP contribution in [0.15, 0.2) is 41.2 Å². The molecule has 1 aliphatic rings. The molecule has 3 aromatic rings. The highest BCUT2D eigenvalue weighted by molar-refractivity contribution is 7.16. The molecule has 0 aliphatic carbocycles. The van der Waals surface area contributed by atoms with Crippen LogP contribution in [0.3, 0.4) is 0 Å². The fourth-order valence-electron chi connectivity index (χ4n) is 3.46. The van der Waals surface area contributed by atoms with Gasteiger partial charge in [-0.1, -0.05) is 41.7 Å². The molecule has 0 amide bonds. The van der Waals surface area contributed by atoms with Crippen molar-refractivity contribution < 1.29 is 0 Å². The van der Waals surface area contributed by atoms with E-state index in [9.17, 15) is 4.79 Å². The average Bonchev–Trinajstić information content (AvgIpc) is 3.15. The zero-order valence-corrected chi connectivity index (χ0v) is 14.5. The Labute approximate surface area is 144 Å². The summed E-state index contributed by atoms with van der Waals surface area (Å²) in [6, 6.07) is 12.8. The van der Waals surface area contributed by atoms with Gasteiger partial charge in [-0.15, -0.1) is 0 Å². The molecule has 24 heavy (non-hydrogen) atoms. The van der Waals surface area contributed by atoms with Crippen LogP contribution in [0.4, 0.5) is 0 Å². The number of benzene rings is 1. The Kier molecular flexibility index (Phi) is 4.16. The summed E-state index contributed by atoms with van der Waals surface area (Å²) < 4.78 is 1.40. The van der Waals surface area contributed by atoms with Crippen molar-refractivity contribution in [3.63, 3.8) is 0 Å². The van der Waals surface area contributed by atoms with Gasteiger partial charge in [0.05, 0.1) is 5.69 Å². The van der Waals surface area contributed by atoms with Crippen LogP contribution < -0.4 is 5.56 Å². The third-order valence-electron chi connectivity index (χ3n) is 4.58. The maximum Gasteiger partial charge on any atom is 0.275 e. The summed E-state index contributed by atoms with van der Waals surface area (Å²) in [6.45, 7) is 3.70. The van der Waals surface area contributed by atoms with Crippen LogP contribution in [-0.2, 0) is 13.0 Å². The zero-order valence-electron chi connectivity index (χ0n) is 13.7. The molecule has 0 radical (unpaired) electrons. The Bertz CT molecular complexity index is 902. The topological polar surface area (TPSA) is 50.5 Å². The van der Waals surface area contributed by atoms with Crippen molar-refractivity contribution in [1.82, 2.24) is 19.5 Å². The van der Waals surface area contributed by atoms with Crippen LogP contribution in [0.25, 0.3) is 4.96 Å². The lowest BCUT2D eigenvalue weighted by Crippen LogP contribution is -2.31. The summed E-state index contributed by atoms with van der Waals surface area (Å²) in [5.41, 5.74) is 2.14. The fourth-order valence-corrected chi connectivity index (χ4v) is 4.23. The predicted molar refractivity (Wildman–Crippen MR) is 95.4 cm³/mol. The molecule has 1 aliphatic heterocycles. The summed E-state index contributed by atoms with van der Waals surface area (Å²) >= 11 is 1.46. The van der Waals surface area contributed by atoms with Gasteiger partial charge in [0, 0.05) is 18.7 Å². The van der Waals surface area contributed by atoms with E-state index in [1.165, 1.54) is 34.3 Å². The molecule has 1 fully saturated rings. The highest BCUT2D eigenvalue weighted by atomic mass is 32.1. The van der Waals surface area contributed by atoms with E-state index >= 15 is 0 Å². The molecule has 2 aromatic heterocycles. The SMILES string of the molecule is Cc1nn2c(=O)cc(CN3CCC[C@H]3Cc3ccccc3)nc2s1. The second-order valence-electron chi connectivity index (χ2n) is 6.36. The van der Waals surface area contributed by atoms with Crippen LogP contribution in [0.1, 0.15) is 29.1 Å². The van der Waals surface area contributed by atoms with Crippen molar-refractivity contribution in [1.29, 1.82) is 0 Å². The van der Waals surface area contributed by atoms with E-state index in [0.29, 0.717) is 11.0 Å². The van der Waals surface area contributed by atoms with E-state index in [2.05, 4.69) is 45.3 Å². The van der Waals surface area contributed by atoms with Gasteiger partial charge in [0.1, 0.15) is 5.01 Å². The van der Waals surface area contributed by atoms with Gasteiger partial charge in [-0.25, -0.2) is 4.98 Å². The van der Waals surface area contributed by atoms with Gasteiger partial charge in [0.2, 0.25) is 4.96 Å². The van der Waals surface area contributed by atoms with Crippen molar-refractivity contribution in [2.24, 2.45) is 0 Å². The predicted octanol–water partition coefficient (Wildman–Crippen LogP) is 2.67. The van der Waals surface area contributed by atoms with Crippen molar-refractivity contribution >= 4 is 16.3 Å². The number of rotatable bonds is 4. The Morgan fingerprint density at radius 2 is 2.12 bits per heavy atom. The maximum absolute atomic E-state index is 12.2. The highest BCUT2D eigenvalue weighted by Crippen LogP contribution is 2.23. The minimum atomic E-state index is -0.0850. The van der Waals surface area contributed by atoms with Crippen LogP contribution in [-0.4, -0.2) is 32.1 Å². The third-order valence-corrected chi connectivity index (χ3v) is 5.40. The van der Waals surface area contributed by atoms with Crippen LogP contribution >= 0.6 is 11.3 Å². The summed E-state index contributed by atoms with van der Waals surface area (Å²) in [6.07, 6.45) is 3.47. The van der Waals surface area contributed by atoms with Gasteiger partial charge in [-0.3, -0.25) is 9.69 Å². The molecule has 3 heterocycles. The van der Waals surface area contributed by atoms with Gasteiger partial charge in [-0.05, 0) is 38.3 Å². The molecule has 124 valence electrons. The summed E-state index contributed by atoms with van der Waals surface area (Å²) in [7, 11) is 0. The first kappa shape index (κ1) is 15.5. The number of hydrogen-bond donors (Lipinski definition) is 0. The first-order valence-electron chi connectivity index (χ1n) is 8.33. The second kappa shape index (κ2) is 6.45.